The molecule has 0 aliphatic carbocycles. The summed E-state index contributed by atoms with van der Waals surface area (Å²) in [4.78, 5) is 25.6. The quantitative estimate of drug-likeness (QED) is 0.338. The fourth-order valence-electron chi connectivity index (χ4n) is 4.33. The Morgan fingerprint density at radius 2 is 1.62 bits per heavy atom. The highest BCUT2D eigenvalue weighted by atomic mass is 16.5. The number of benzene rings is 3. The highest BCUT2D eigenvalue weighted by molar-refractivity contribution is 6.32. The number of aromatic nitrogens is 1. The average Bonchev–Trinajstić information content (AvgIpc) is 3.31. The van der Waals surface area contributed by atoms with Gasteiger partial charge in [-0.15, -0.1) is 0 Å². The maximum absolute atomic E-state index is 13.0. The zero-order valence-electron chi connectivity index (χ0n) is 19.1. The minimum atomic E-state index is -0.413. The van der Waals surface area contributed by atoms with E-state index < -0.39 is 5.91 Å². The SMILES string of the molecule is Cc1cc(C)cc(OCCn2cc(C=C3C(=O)NN(c4ccccc4)C3=O)c3ccccc32)c1. The zero-order chi connectivity index (χ0) is 23.7. The summed E-state index contributed by atoms with van der Waals surface area (Å²) in [5.41, 5.74) is 7.55. The van der Waals surface area contributed by atoms with Gasteiger partial charge < -0.3 is 9.30 Å². The van der Waals surface area contributed by atoms with Gasteiger partial charge in [0.05, 0.1) is 12.2 Å². The minimum Gasteiger partial charge on any atom is -0.492 e. The lowest BCUT2D eigenvalue weighted by molar-refractivity contribution is -0.117. The van der Waals surface area contributed by atoms with Crippen molar-refractivity contribution >= 4 is 34.5 Å². The number of nitrogens with zero attached hydrogens (tertiary/aromatic N) is 2. The first-order valence-electron chi connectivity index (χ1n) is 11.2. The summed E-state index contributed by atoms with van der Waals surface area (Å²) in [6.45, 7) is 5.24. The third-order valence-corrected chi connectivity index (χ3v) is 5.82. The zero-order valence-corrected chi connectivity index (χ0v) is 19.1. The average molecular weight is 452 g/mol. The highest BCUT2D eigenvalue weighted by Gasteiger charge is 2.34. The topological polar surface area (TPSA) is 63.6 Å². The Labute approximate surface area is 198 Å². The summed E-state index contributed by atoms with van der Waals surface area (Å²) < 4.78 is 8.09. The summed E-state index contributed by atoms with van der Waals surface area (Å²) in [5, 5.41) is 2.26. The molecule has 1 fully saturated rings. The molecule has 1 saturated heterocycles. The van der Waals surface area contributed by atoms with Gasteiger partial charge in [-0.1, -0.05) is 42.5 Å². The number of aryl methyl sites for hydroxylation is 2. The van der Waals surface area contributed by atoms with Crippen molar-refractivity contribution in [2.75, 3.05) is 11.6 Å². The molecule has 2 amide bonds. The van der Waals surface area contributed by atoms with Crippen LogP contribution in [-0.2, 0) is 16.1 Å². The van der Waals surface area contributed by atoms with Gasteiger partial charge in [0.25, 0.3) is 11.8 Å². The van der Waals surface area contributed by atoms with Crippen LogP contribution >= 0.6 is 0 Å². The Balaban J connectivity index is 1.41. The van der Waals surface area contributed by atoms with Crippen LogP contribution in [0.5, 0.6) is 5.75 Å². The number of nitrogens with one attached hydrogen (secondary N) is 1. The lowest BCUT2D eigenvalue weighted by Crippen LogP contribution is -2.35. The van der Waals surface area contributed by atoms with E-state index >= 15 is 0 Å². The van der Waals surface area contributed by atoms with Crippen LogP contribution in [0.2, 0.25) is 0 Å². The Morgan fingerprint density at radius 1 is 0.912 bits per heavy atom. The van der Waals surface area contributed by atoms with Crippen LogP contribution in [0.4, 0.5) is 5.69 Å². The van der Waals surface area contributed by atoms with Crippen molar-refractivity contribution in [3.05, 3.63) is 101 Å². The second-order valence-corrected chi connectivity index (χ2v) is 8.44. The molecule has 0 radical (unpaired) electrons. The molecule has 6 nitrogen and oxygen atoms in total. The summed E-state index contributed by atoms with van der Waals surface area (Å²) in [6.07, 6.45) is 3.64. The molecule has 34 heavy (non-hydrogen) atoms. The van der Waals surface area contributed by atoms with Gasteiger partial charge in [-0.2, -0.15) is 0 Å². The molecule has 0 bridgehead atoms. The van der Waals surface area contributed by atoms with Gasteiger partial charge in [0, 0.05) is 22.7 Å². The number of rotatable bonds is 6. The highest BCUT2D eigenvalue weighted by Crippen LogP contribution is 2.27. The predicted octanol–water partition coefficient (Wildman–Crippen LogP) is 4.80. The van der Waals surface area contributed by atoms with Crippen molar-refractivity contribution in [2.24, 2.45) is 0 Å². The smallest absolute Gasteiger partial charge is 0.282 e. The Kier molecular flexibility index (Phi) is 5.64. The molecular formula is C28H25N3O3. The molecule has 6 heteroatoms. The van der Waals surface area contributed by atoms with E-state index in [9.17, 15) is 9.59 Å². The molecule has 3 aromatic carbocycles. The number of amides is 2. The lowest BCUT2D eigenvalue weighted by atomic mass is 10.1. The molecule has 0 atom stereocenters. The molecule has 0 spiro atoms. The summed E-state index contributed by atoms with van der Waals surface area (Å²) in [6, 6.07) is 23.2. The van der Waals surface area contributed by atoms with Crippen LogP contribution < -0.4 is 15.2 Å². The number of anilines is 1. The van der Waals surface area contributed by atoms with E-state index in [0.29, 0.717) is 18.8 Å². The largest absolute Gasteiger partial charge is 0.492 e. The van der Waals surface area contributed by atoms with Gasteiger partial charge in [0.1, 0.15) is 17.9 Å². The maximum Gasteiger partial charge on any atom is 0.282 e. The lowest BCUT2D eigenvalue weighted by Gasteiger charge is -2.13. The Hall–Kier alpha value is -4.32. The third kappa shape index (κ3) is 4.18. The molecule has 1 N–H and O–H groups in total. The summed E-state index contributed by atoms with van der Waals surface area (Å²) in [7, 11) is 0. The van der Waals surface area contributed by atoms with Crippen molar-refractivity contribution in [1.29, 1.82) is 0 Å². The molecule has 0 saturated carbocycles. The molecule has 1 aromatic heterocycles. The van der Waals surface area contributed by atoms with Gasteiger partial charge >= 0.3 is 0 Å². The third-order valence-electron chi connectivity index (χ3n) is 5.82. The fourth-order valence-corrected chi connectivity index (χ4v) is 4.33. The molecule has 0 unspecified atom stereocenters. The van der Waals surface area contributed by atoms with Gasteiger partial charge in [-0.3, -0.25) is 15.0 Å². The van der Waals surface area contributed by atoms with Gasteiger partial charge in [-0.25, -0.2) is 5.01 Å². The van der Waals surface area contributed by atoms with E-state index in [4.69, 9.17) is 4.74 Å². The van der Waals surface area contributed by atoms with E-state index in [1.807, 2.05) is 60.8 Å². The second-order valence-electron chi connectivity index (χ2n) is 8.44. The van der Waals surface area contributed by atoms with Crippen LogP contribution in [0.15, 0.2) is 84.6 Å². The van der Waals surface area contributed by atoms with E-state index in [1.54, 1.807) is 18.2 Å². The number of fused-ring (bicyclic) bond motifs is 1. The summed E-state index contributed by atoms with van der Waals surface area (Å²) >= 11 is 0. The number of para-hydroxylation sites is 2. The standard InChI is InChI=1S/C28H25N3O3/c1-19-14-20(2)16-23(15-19)34-13-12-30-18-21(24-10-6-7-11-26(24)30)17-25-27(32)29-31(28(25)33)22-8-4-3-5-9-22/h3-11,14-18H,12-13H2,1-2H3,(H,29,32). The maximum atomic E-state index is 13.0. The van der Waals surface area contributed by atoms with Gasteiger partial charge in [0.15, 0.2) is 0 Å². The molecule has 1 aliphatic heterocycles. The first-order chi connectivity index (χ1) is 16.5. The number of hydrogen-bond acceptors (Lipinski definition) is 3. The number of hydrogen-bond donors (Lipinski definition) is 1. The molecule has 170 valence electrons. The number of ether oxygens (including phenoxy) is 1. The number of carbonyl (C=O) groups excluding carboxylic acids is 2. The molecule has 5 rings (SSSR count). The van der Waals surface area contributed by atoms with Crippen LogP contribution in [0.1, 0.15) is 16.7 Å². The van der Waals surface area contributed by atoms with E-state index in [0.717, 1.165) is 22.2 Å². The van der Waals surface area contributed by atoms with Crippen molar-refractivity contribution < 1.29 is 14.3 Å². The van der Waals surface area contributed by atoms with Gasteiger partial charge in [0.2, 0.25) is 0 Å². The van der Waals surface area contributed by atoms with Crippen LogP contribution in [0.3, 0.4) is 0 Å². The molecule has 1 aliphatic rings. The monoisotopic (exact) mass is 451 g/mol. The van der Waals surface area contributed by atoms with E-state index in [1.165, 1.54) is 16.1 Å². The predicted molar refractivity (Wildman–Crippen MR) is 133 cm³/mol. The van der Waals surface area contributed by atoms with E-state index in [2.05, 4.69) is 29.9 Å². The van der Waals surface area contributed by atoms with Crippen molar-refractivity contribution in [1.82, 2.24) is 9.99 Å². The van der Waals surface area contributed by atoms with Crippen LogP contribution in [0.25, 0.3) is 17.0 Å². The minimum absolute atomic E-state index is 0.109. The normalized spacial score (nSPS) is 14.8. The first-order valence-corrected chi connectivity index (χ1v) is 11.2. The second kappa shape index (κ2) is 8.90. The van der Waals surface area contributed by atoms with Crippen molar-refractivity contribution in [3.63, 3.8) is 0 Å². The van der Waals surface area contributed by atoms with E-state index in [-0.39, 0.29) is 11.5 Å². The van der Waals surface area contributed by atoms with Crippen LogP contribution in [-0.4, -0.2) is 23.0 Å². The van der Waals surface area contributed by atoms with Crippen LogP contribution in [0, 0.1) is 13.8 Å². The molecule has 2 heterocycles. The van der Waals surface area contributed by atoms with Crippen molar-refractivity contribution in [3.8, 4) is 5.75 Å². The Morgan fingerprint density at radius 3 is 2.38 bits per heavy atom. The van der Waals surface area contributed by atoms with Crippen molar-refractivity contribution in [2.45, 2.75) is 20.4 Å². The summed E-state index contributed by atoms with van der Waals surface area (Å²) in [5.74, 6) is 0.0700. The van der Waals surface area contributed by atoms with Gasteiger partial charge in [-0.05, 0) is 61.4 Å². The Bertz CT molecular complexity index is 1400. The molecular weight excluding hydrogens is 426 g/mol. The molecule has 4 aromatic rings. The number of hydrazine groups is 1. The number of carbonyl (C=O) groups is 2. The fraction of sp³-hybridized carbons (Fsp3) is 0.143. The first kappa shape index (κ1) is 21.5.